The van der Waals surface area contributed by atoms with Crippen molar-refractivity contribution in [1.29, 1.82) is 0 Å². The Morgan fingerprint density at radius 2 is 2.18 bits per heavy atom. The first kappa shape index (κ1) is 12.3. The summed E-state index contributed by atoms with van der Waals surface area (Å²) >= 11 is 3.46. The lowest BCUT2D eigenvalue weighted by molar-refractivity contribution is 0.639. The molecule has 1 aromatic heterocycles. The van der Waals surface area contributed by atoms with Gasteiger partial charge in [-0.05, 0) is 30.7 Å². The zero-order valence-electron chi connectivity index (χ0n) is 10.0. The molecule has 0 aliphatic heterocycles. The maximum Gasteiger partial charge on any atom is 0.0596 e. The van der Waals surface area contributed by atoms with E-state index in [1.807, 2.05) is 30.8 Å². The normalized spacial score (nSPS) is 12.7. The molecular formula is C13H16BrN3. The molecule has 2 rings (SSSR count). The van der Waals surface area contributed by atoms with Gasteiger partial charge in [0.25, 0.3) is 0 Å². The van der Waals surface area contributed by atoms with Crippen molar-refractivity contribution in [2.75, 3.05) is 0 Å². The molecular weight excluding hydrogens is 278 g/mol. The average molecular weight is 294 g/mol. The van der Waals surface area contributed by atoms with Crippen molar-refractivity contribution in [3.8, 4) is 0 Å². The van der Waals surface area contributed by atoms with Crippen LogP contribution in [0.2, 0.25) is 0 Å². The number of benzene rings is 1. The molecule has 1 heterocycles. The molecule has 0 amide bonds. The van der Waals surface area contributed by atoms with Crippen molar-refractivity contribution in [3.05, 3.63) is 51.8 Å². The smallest absolute Gasteiger partial charge is 0.0596 e. The highest BCUT2D eigenvalue weighted by atomic mass is 79.9. The Kier molecular flexibility index (Phi) is 3.64. The molecule has 0 aliphatic rings. The van der Waals surface area contributed by atoms with Crippen LogP contribution in [-0.2, 0) is 13.5 Å². The predicted octanol–water partition coefficient (Wildman–Crippen LogP) is 2.73. The zero-order chi connectivity index (χ0) is 12.4. The van der Waals surface area contributed by atoms with Crippen molar-refractivity contribution in [1.82, 2.24) is 9.78 Å². The van der Waals surface area contributed by atoms with Gasteiger partial charge in [0.15, 0.2) is 0 Å². The van der Waals surface area contributed by atoms with Gasteiger partial charge in [-0.2, -0.15) is 5.10 Å². The Bertz CT molecular complexity index is 519. The van der Waals surface area contributed by atoms with Gasteiger partial charge in [0.05, 0.1) is 5.69 Å². The van der Waals surface area contributed by atoms with Crippen LogP contribution in [0, 0.1) is 6.92 Å². The summed E-state index contributed by atoms with van der Waals surface area (Å²) in [5, 5.41) is 4.33. The average Bonchev–Trinajstić information content (AvgIpc) is 2.57. The summed E-state index contributed by atoms with van der Waals surface area (Å²) in [6.07, 6.45) is 0.799. The lowest BCUT2D eigenvalue weighted by Gasteiger charge is -2.12. The Balaban J connectivity index is 2.16. The zero-order valence-corrected chi connectivity index (χ0v) is 11.6. The molecule has 0 fully saturated rings. The number of halogens is 1. The van der Waals surface area contributed by atoms with Crippen LogP contribution in [0.25, 0.3) is 0 Å². The standard InChI is InChI=1S/C13H16BrN3/c1-9-6-12(17(2)16-9)8-13(15)10-4-3-5-11(14)7-10/h3-7,13H,8,15H2,1-2H3. The lowest BCUT2D eigenvalue weighted by atomic mass is 10.0. The first-order chi connectivity index (χ1) is 8.06. The van der Waals surface area contributed by atoms with Crippen LogP contribution >= 0.6 is 15.9 Å². The van der Waals surface area contributed by atoms with E-state index in [1.54, 1.807) is 0 Å². The first-order valence-electron chi connectivity index (χ1n) is 5.57. The van der Waals surface area contributed by atoms with Crippen LogP contribution in [0.3, 0.4) is 0 Å². The van der Waals surface area contributed by atoms with E-state index in [0.717, 1.165) is 27.8 Å². The third kappa shape index (κ3) is 2.96. The highest BCUT2D eigenvalue weighted by Gasteiger charge is 2.10. The molecule has 17 heavy (non-hydrogen) atoms. The van der Waals surface area contributed by atoms with E-state index in [0.29, 0.717) is 0 Å². The second kappa shape index (κ2) is 5.02. The first-order valence-corrected chi connectivity index (χ1v) is 6.36. The van der Waals surface area contributed by atoms with E-state index < -0.39 is 0 Å². The number of nitrogens with two attached hydrogens (primary N) is 1. The van der Waals surface area contributed by atoms with Gasteiger partial charge in [-0.15, -0.1) is 0 Å². The Labute approximate surface area is 110 Å². The monoisotopic (exact) mass is 293 g/mol. The molecule has 0 spiro atoms. The Morgan fingerprint density at radius 3 is 2.76 bits per heavy atom. The van der Waals surface area contributed by atoms with E-state index in [1.165, 1.54) is 0 Å². The van der Waals surface area contributed by atoms with Crippen molar-refractivity contribution in [3.63, 3.8) is 0 Å². The van der Waals surface area contributed by atoms with E-state index in [9.17, 15) is 0 Å². The van der Waals surface area contributed by atoms with E-state index in [2.05, 4.69) is 39.2 Å². The third-order valence-electron chi connectivity index (χ3n) is 2.80. The van der Waals surface area contributed by atoms with E-state index in [-0.39, 0.29) is 6.04 Å². The van der Waals surface area contributed by atoms with Gasteiger partial charge in [0.1, 0.15) is 0 Å². The Hall–Kier alpha value is -1.13. The summed E-state index contributed by atoms with van der Waals surface area (Å²) in [7, 11) is 1.95. The van der Waals surface area contributed by atoms with Crippen molar-refractivity contribution in [2.45, 2.75) is 19.4 Å². The van der Waals surface area contributed by atoms with Gasteiger partial charge in [0.2, 0.25) is 0 Å². The highest BCUT2D eigenvalue weighted by molar-refractivity contribution is 9.10. The quantitative estimate of drug-likeness (QED) is 0.946. The van der Waals surface area contributed by atoms with Gasteiger partial charge in [-0.25, -0.2) is 0 Å². The molecule has 2 N–H and O–H groups in total. The number of hydrogen-bond donors (Lipinski definition) is 1. The summed E-state index contributed by atoms with van der Waals surface area (Å²) < 4.78 is 2.96. The minimum Gasteiger partial charge on any atom is -0.324 e. The number of aromatic nitrogens is 2. The second-order valence-corrected chi connectivity index (χ2v) is 5.18. The molecule has 0 saturated carbocycles. The predicted molar refractivity (Wildman–Crippen MR) is 72.7 cm³/mol. The Morgan fingerprint density at radius 1 is 1.41 bits per heavy atom. The molecule has 2 aromatic rings. The van der Waals surface area contributed by atoms with Gasteiger partial charge in [-0.3, -0.25) is 4.68 Å². The summed E-state index contributed by atoms with van der Waals surface area (Å²) in [6, 6.07) is 10.2. The second-order valence-electron chi connectivity index (χ2n) is 4.27. The van der Waals surface area contributed by atoms with Crippen molar-refractivity contribution < 1.29 is 0 Å². The van der Waals surface area contributed by atoms with Gasteiger partial charge >= 0.3 is 0 Å². The highest BCUT2D eigenvalue weighted by Crippen LogP contribution is 2.20. The number of aryl methyl sites for hydroxylation is 2. The van der Waals surface area contributed by atoms with Crippen LogP contribution in [0.15, 0.2) is 34.8 Å². The maximum absolute atomic E-state index is 6.21. The van der Waals surface area contributed by atoms with Crippen molar-refractivity contribution in [2.24, 2.45) is 12.8 Å². The van der Waals surface area contributed by atoms with Crippen LogP contribution in [0.4, 0.5) is 0 Å². The number of nitrogens with zero attached hydrogens (tertiary/aromatic N) is 2. The molecule has 0 saturated heterocycles. The minimum absolute atomic E-state index is 0.00213. The topological polar surface area (TPSA) is 43.8 Å². The van der Waals surface area contributed by atoms with E-state index >= 15 is 0 Å². The van der Waals surface area contributed by atoms with Crippen molar-refractivity contribution >= 4 is 15.9 Å². The third-order valence-corrected chi connectivity index (χ3v) is 3.30. The molecule has 1 aromatic carbocycles. The molecule has 4 heteroatoms. The van der Waals surface area contributed by atoms with Crippen LogP contribution in [0.5, 0.6) is 0 Å². The number of rotatable bonds is 3. The largest absolute Gasteiger partial charge is 0.324 e. The van der Waals surface area contributed by atoms with Crippen LogP contribution < -0.4 is 5.73 Å². The molecule has 0 radical (unpaired) electrons. The van der Waals surface area contributed by atoms with Gasteiger partial charge < -0.3 is 5.73 Å². The van der Waals surface area contributed by atoms with Gasteiger partial charge in [-0.1, -0.05) is 28.1 Å². The lowest BCUT2D eigenvalue weighted by Crippen LogP contribution is -2.15. The maximum atomic E-state index is 6.21. The van der Waals surface area contributed by atoms with E-state index in [4.69, 9.17) is 5.73 Å². The molecule has 90 valence electrons. The SMILES string of the molecule is Cc1cc(CC(N)c2cccc(Br)c2)n(C)n1. The fourth-order valence-corrected chi connectivity index (χ4v) is 2.35. The molecule has 0 aliphatic carbocycles. The molecule has 1 atom stereocenters. The van der Waals surface area contributed by atoms with Gasteiger partial charge in [0, 0.05) is 29.7 Å². The fourth-order valence-electron chi connectivity index (χ4n) is 1.94. The molecule has 3 nitrogen and oxygen atoms in total. The summed E-state index contributed by atoms with van der Waals surface area (Å²) in [5.74, 6) is 0. The van der Waals surface area contributed by atoms with Crippen LogP contribution in [-0.4, -0.2) is 9.78 Å². The van der Waals surface area contributed by atoms with Crippen LogP contribution in [0.1, 0.15) is 23.0 Å². The molecule has 0 bridgehead atoms. The minimum atomic E-state index is 0.00213. The summed E-state index contributed by atoms with van der Waals surface area (Å²) in [5.41, 5.74) is 9.54. The summed E-state index contributed by atoms with van der Waals surface area (Å²) in [4.78, 5) is 0. The number of hydrogen-bond acceptors (Lipinski definition) is 2. The fraction of sp³-hybridized carbons (Fsp3) is 0.308. The summed E-state index contributed by atoms with van der Waals surface area (Å²) in [6.45, 7) is 1.99. The molecule has 1 unspecified atom stereocenters.